The van der Waals surface area contributed by atoms with Crippen molar-refractivity contribution in [3.63, 3.8) is 0 Å². The topological polar surface area (TPSA) is 101 Å². The molecule has 1 N–H and O–H groups in total. The SMILES string of the molecule is O=C(Cc1ccccc1)N[C@@H]1C(=O)N2C(C(=O)OC(c3ccccc3)c3ccccc3)=C(Sc3ncccn3)CS[C@H]12. The van der Waals surface area contributed by atoms with E-state index in [1.54, 1.807) is 18.5 Å². The molecule has 210 valence electrons. The van der Waals surface area contributed by atoms with Gasteiger partial charge in [0, 0.05) is 23.1 Å². The van der Waals surface area contributed by atoms with Crippen molar-refractivity contribution < 1.29 is 19.1 Å². The van der Waals surface area contributed by atoms with Gasteiger partial charge in [-0.25, -0.2) is 14.8 Å². The van der Waals surface area contributed by atoms with Crippen LogP contribution < -0.4 is 5.32 Å². The third-order valence-electron chi connectivity index (χ3n) is 6.84. The van der Waals surface area contributed by atoms with Crippen molar-refractivity contribution in [3.05, 3.63) is 137 Å². The molecule has 4 aromatic rings. The standard InChI is InChI=1S/C32H26N4O4S2/c37-25(19-21-11-4-1-5-12-21)35-26-29(38)36-27(24(20-41-30(26)36)42-32-33-17-10-18-34-32)31(39)40-28(22-13-6-2-7-14-22)23-15-8-3-9-16-23/h1-18,26,28,30H,19-20H2,(H,35,37)/t26-,30-/m1/s1. The van der Waals surface area contributed by atoms with Crippen LogP contribution in [0.1, 0.15) is 22.8 Å². The average Bonchev–Trinajstić information content (AvgIpc) is 3.04. The molecule has 0 aliphatic carbocycles. The Kier molecular flexibility index (Phi) is 8.34. The maximum atomic E-state index is 14.0. The maximum Gasteiger partial charge on any atom is 0.356 e. The number of nitrogens with zero attached hydrogens (tertiary/aromatic N) is 3. The fourth-order valence-electron chi connectivity index (χ4n) is 4.86. The highest BCUT2D eigenvalue weighted by molar-refractivity contribution is 8.06. The molecule has 3 aromatic carbocycles. The number of ether oxygens (including phenoxy) is 1. The normalized spacial score (nSPS) is 17.8. The number of thioether (sulfide) groups is 2. The number of hydrogen-bond donors (Lipinski definition) is 1. The number of benzene rings is 3. The molecular formula is C32H26N4O4S2. The van der Waals surface area contributed by atoms with Crippen molar-refractivity contribution in [2.45, 2.75) is 29.1 Å². The first kappa shape index (κ1) is 27.7. The van der Waals surface area contributed by atoms with E-state index in [0.717, 1.165) is 16.7 Å². The van der Waals surface area contributed by atoms with E-state index in [1.165, 1.54) is 28.4 Å². The van der Waals surface area contributed by atoms with Crippen molar-refractivity contribution >= 4 is 41.3 Å². The molecule has 2 aliphatic heterocycles. The molecule has 2 atom stereocenters. The molecule has 1 saturated heterocycles. The summed E-state index contributed by atoms with van der Waals surface area (Å²) in [6.07, 6.45) is 2.73. The molecule has 1 aromatic heterocycles. The molecule has 8 nitrogen and oxygen atoms in total. The van der Waals surface area contributed by atoms with Crippen LogP contribution in [0.3, 0.4) is 0 Å². The van der Waals surface area contributed by atoms with E-state index in [1.807, 2.05) is 91.0 Å². The van der Waals surface area contributed by atoms with Gasteiger partial charge in [-0.3, -0.25) is 14.5 Å². The zero-order chi connectivity index (χ0) is 28.9. The van der Waals surface area contributed by atoms with Gasteiger partial charge in [0.1, 0.15) is 17.1 Å². The van der Waals surface area contributed by atoms with Crippen LogP contribution in [-0.2, 0) is 25.5 Å². The first-order valence-electron chi connectivity index (χ1n) is 13.4. The number of esters is 1. The first-order chi connectivity index (χ1) is 20.6. The summed E-state index contributed by atoms with van der Waals surface area (Å²) in [4.78, 5) is 51.0. The summed E-state index contributed by atoms with van der Waals surface area (Å²) in [7, 11) is 0. The van der Waals surface area contributed by atoms with Gasteiger partial charge in [0.15, 0.2) is 11.3 Å². The Morgan fingerprint density at radius 2 is 1.50 bits per heavy atom. The number of carbonyl (C=O) groups is 3. The van der Waals surface area contributed by atoms with Crippen LogP contribution in [0.25, 0.3) is 0 Å². The first-order valence-corrected chi connectivity index (χ1v) is 15.2. The minimum absolute atomic E-state index is 0.159. The summed E-state index contributed by atoms with van der Waals surface area (Å²) < 4.78 is 6.18. The number of rotatable bonds is 9. The van der Waals surface area contributed by atoms with E-state index in [0.29, 0.717) is 15.8 Å². The Morgan fingerprint density at radius 3 is 2.12 bits per heavy atom. The van der Waals surface area contributed by atoms with Crippen LogP contribution in [0.2, 0.25) is 0 Å². The van der Waals surface area contributed by atoms with Crippen molar-refractivity contribution in [2.75, 3.05) is 5.75 Å². The van der Waals surface area contributed by atoms with Crippen LogP contribution in [0.15, 0.2) is 125 Å². The van der Waals surface area contributed by atoms with Crippen molar-refractivity contribution in [1.82, 2.24) is 20.2 Å². The Hall–Kier alpha value is -4.41. The lowest BCUT2D eigenvalue weighted by molar-refractivity contribution is -0.154. The van der Waals surface area contributed by atoms with E-state index >= 15 is 0 Å². The van der Waals surface area contributed by atoms with Gasteiger partial charge in [-0.05, 0) is 22.8 Å². The molecule has 1 fully saturated rings. The molecule has 0 saturated carbocycles. The van der Waals surface area contributed by atoms with Gasteiger partial charge in [0.05, 0.1) is 6.42 Å². The van der Waals surface area contributed by atoms with Gasteiger partial charge in [-0.1, -0.05) is 103 Å². The molecule has 6 rings (SSSR count). The number of nitrogens with one attached hydrogen (secondary N) is 1. The summed E-state index contributed by atoms with van der Waals surface area (Å²) in [6.45, 7) is 0. The second kappa shape index (κ2) is 12.6. The molecular weight excluding hydrogens is 569 g/mol. The lowest BCUT2D eigenvalue weighted by Gasteiger charge is -2.49. The summed E-state index contributed by atoms with van der Waals surface area (Å²) in [5.41, 5.74) is 2.63. The van der Waals surface area contributed by atoms with E-state index in [4.69, 9.17) is 4.74 Å². The molecule has 3 heterocycles. The summed E-state index contributed by atoms with van der Waals surface area (Å²) in [5, 5.41) is 2.89. The molecule has 42 heavy (non-hydrogen) atoms. The minimum atomic E-state index is -0.743. The molecule has 0 unspecified atom stereocenters. The quantitative estimate of drug-likeness (QED) is 0.168. The van der Waals surface area contributed by atoms with E-state index in [9.17, 15) is 14.4 Å². The van der Waals surface area contributed by atoms with Crippen molar-refractivity contribution in [3.8, 4) is 0 Å². The highest BCUT2D eigenvalue weighted by Gasteiger charge is 2.55. The Labute approximate surface area is 251 Å². The summed E-state index contributed by atoms with van der Waals surface area (Å²) in [6, 6.07) is 29.3. The lowest BCUT2D eigenvalue weighted by atomic mass is 10.0. The number of β-lactam (4-membered cyclic amide) rings is 1. The lowest BCUT2D eigenvalue weighted by Crippen LogP contribution is -2.70. The van der Waals surface area contributed by atoms with Crippen molar-refractivity contribution in [1.29, 1.82) is 0 Å². The summed E-state index contributed by atoms with van der Waals surface area (Å²) in [5.74, 6) is -0.810. The molecule has 0 spiro atoms. The van der Waals surface area contributed by atoms with E-state index in [-0.39, 0.29) is 23.9 Å². The Balaban J connectivity index is 1.28. The van der Waals surface area contributed by atoms with Crippen LogP contribution in [-0.4, -0.2) is 49.8 Å². The van der Waals surface area contributed by atoms with Crippen LogP contribution in [0, 0.1) is 0 Å². The predicted octanol–water partition coefficient (Wildman–Crippen LogP) is 4.76. The van der Waals surface area contributed by atoms with Gasteiger partial charge in [0.2, 0.25) is 5.91 Å². The molecule has 0 radical (unpaired) electrons. The van der Waals surface area contributed by atoms with Gasteiger partial charge >= 0.3 is 5.97 Å². The monoisotopic (exact) mass is 594 g/mol. The summed E-state index contributed by atoms with van der Waals surface area (Å²) >= 11 is 2.71. The highest BCUT2D eigenvalue weighted by Crippen LogP contribution is 2.45. The van der Waals surface area contributed by atoms with Gasteiger partial charge in [-0.15, -0.1) is 11.8 Å². The largest absolute Gasteiger partial charge is 0.448 e. The number of amides is 2. The predicted molar refractivity (Wildman–Crippen MR) is 161 cm³/mol. The second-order valence-corrected chi connectivity index (χ2v) is 11.8. The van der Waals surface area contributed by atoms with Crippen LogP contribution in [0.5, 0.6) is 0 Å². The molecule has 10 heteroatoms. The molecule has 2 aliphatic rings. The van der Waals surface area contributed by atoms with E-state index < -0.39 is 23.5 Å². The van der Waals surface area contributed by atoms with Gasteiger partial charge in [-0.2, -0.15) is 0 Å². The van der Waals surface area contributed by atoms with Gasteiger partial charge < -0.3 is 10.1 Å². The van der Waals surface area contributed by atoms with Crippen LogP contribution in [0.4, 0.5) is 0 Å². The fraction of sp³-hybridized carbons (Fsp3) is 0.156. The third-order valence-corrected chi connectivity index (χ3v) is 9.28. The Bertz CT molecular complexity index is 1570. The minimum Gasteiger partial charge on any atom is -0.448 e. The second-order valence-electron chi connectivity index (χ2n) is 9.63. The zero-order valence-corrected chi connectivity index (χ0v) is 24.0. The Morgan fingerprint density at radius 1 is 0.905 bits per heavy atom. The number of hydrogen-bond acceptors (Lipinski definition) is 8. The number of fused-ring (bicyclic) bond motifs is 1. The van der Waals surface area contributed by atoms with E-state index in [2.05, 4.69) is 15.3 Å². The maximum absolute atomic E-state index is 14.0. The van der Waals surface area contributed by atoms with Crippen molar-refractivity contribution in [2.24, 2.45) is 0 Å². The molecule has 2 amide bonds. The zero-order valence-electron chi connectivity index (χ0n) is 22.3. The highest BCUT2D eigenvalue weighted by atomic mass is 32.2. The average molecular weight is 595 g/mol. The third kappa shape index (κ3) is 5.95. The number of carbonyl (C=O) groups excluding carboxylic acids is 3. The fourth-order valence-corrected chi connectivity index (χ4v) is 7.22. The van der Waals surface area contributed by atoms with Crippen LogP contribution >= 0.6 is 23.5 Å². The smallest absolute Gasteiger partial charge is 0.356 e. The molecule has 0 bridgehead atoms. The van der Waals surface area contributed by atoms with Gasteiger partial charge in [0.25, 0.3) is 5.91 Å². The number of aromatic nitrogens is 2.